The summed E-state index contributed by atoms with van der Waals surface area (Å²) in [4.78, 5) is 25.0. The topological polar surface area (TPSA) is 54.0 Å². The van der Waals surface area contributed by atoms with Crippen LogP contribution in [-0.4, -0.2) is 23.6 Å². The van der Waals surface area contributed by atoms with Crippen LogP contribution in [0.3, 0.4) is 0 Å². The van der Waals surface area contributed by atoms with Crippen LogP contribution in [0, 0.1) is 23.7 Å². The number of aryl methyl sites for hydroxylation is 1. The predicted molar refractivity (Wildman–Crippen MR) is 112 cm³/mol. The highest BCUT2D eigenvalue weighted by atomic mass is 35.5. The molecule has 1 aromatic rings. The molecule has 0 unspecified atom stereocenters. The van der Waals surface area contributed by atoms with E-state index in [4.69, 9.17) is 42.5 Å². The Bertz CT molecular complexity index is 847. The minimum absolute atomic E-state index is 0.0430. The van der Waals surface area contributed by atoms with E-state index in [9.17, 15) is 4.79 Å². The third-order valence-corrected chi connectivity index (χ3v) is 8.49. The highest BCUT2D eigenvalue weighted by molar-refractivity contribution is 6.42. The van der Waals surface area contributed by atoms with E-state index in [0.29, 0.717) is 16.0 Å². The van der Waals surface area contributed by atoms with E-state index in [-0.39, 0.29) is 23.7 Å². The Hall–Kier alpha value is -0.850. The van der Waals surface area contributed by atoms with E-state index in [1.54, 1.807) is 0 Å². The molecule has 4 aliphatic heterocycles. The summed E-state index contributed by atoms with van der Waals surface area (Å²) in [5.41, 5.74) is 0.418. The maximum Gasteiger partial charge on any atom is 0.311 e. The zero-order valence-electron chi connectivity index (χ0n) is 17.4. The molecular formula is C23H28Cl2O5. The van der Waals surface area contributed by atoms with Crippen molar-refractivity contribution in [1.29, 1.82) is 0 Å². The fourth-order valence-corrected chi connectivity index (χ4v) is 6.48. The van der Waals surface area contributed by atoms with Crippen LogP contribution >= 0.6 is 23.2 Å². The lowest BCUT2D eigenvalue weighted by atomic mass is 9.57. The number of rotatable bonds is 4. The van der Waals surface area contributed by atoms with Crippen molar-refractivity contribution < 1.29 is 24.0 Å². The summed E-state index contributed by atoms with van der Waals surface area (Å²) in [6, 6.07) is 5.70. The minimum atomic E-state index is -0.849. The van der Waals surface area contributed by atoms with Crippen LogP contribution in [0.25, 0.3) is 0 Å². The van der Waals surface area contributed by atoms with Crippen molar-refractivity contribution in [2.24, 2.45) is 23.7 Å². The fourth-order valence-electron chi connectivity index (χ4n) is 6.16. The number of hydrogen-bond acceptors (Lipinski definition) is 5. The Morgan fingerprint density at radius 3 is 2.73 bits per heavy atom. The zero-order valence-corrected chi connectivity index (χ0v) is 18.9. The second-order valence-corrected chi connectivity index (χ2v) is 10.4. The van der Waals surface area contributed by atoms with Gasteiger partial charge in [-0.2, -0.15) is 0 Å². The molecule has 5 nitrogen and oxygen atoms in total. The number of carbonyl (C=O) groups is 1. The normalized spacial score (nSPS) is 42.4. The highest BCUT2D eigenvalue weighted by Gasteiger charge is 2.70. The van der Waals surface area contributed by atoms with Crippen LogP contribution in [0.5, 0.6) is 0 Å². The number of carbonyl (C=O) groups excluding carboxylic acids is 1. The quantitative estimate of drug-likeness (QED) is 0.430. The Morgan fingerprint density at radius 1 is 1.10 bits per heavy atom. The van der Waals surface area contributed by atoms with Gasteiger partial charge in [-0.3, -0.25) is 4.79 Å². The first kappa shape index (κ1) is 21.0. The molecule has 30 heavy (non-hydrogen) atoms. The molecule has 4 heterocycles. The van der Waals surface area contributed by atoms with Gasteiger partial charge in [0.25, 0.3) is 0 Å². The van der Waals surface area contributed by atoms with E-state index in [1.165, 1.54) is 0 Å². The summed E-state index contributed by atoms with van der Waals surface area (Å²) in [5.74, 6) is -0.451. The number of fused-ring (bicyclic) bond motifs is 2. The Balaban J connectivity index is 1.37. The zero-order chi connectivity index (χ0) is 21.1. The van der Waals surface area contributed by atoms with E-state index in [1.807, 2.05) is 25.1 Å². The molecule has 7 heteroatoms. The first-order valence-corrected chi connectivity index (χ1v) is 11.8. The van der Waals surface area contributed by atoms with Crippen molar-refractivity contribution in [3.63, 3.8) is 0 Å². The number of halogens is 2. The molecule has 6 rings (SSSR count). The van der Waals surface area contributed by atoms with Gasteiger partial charge in [0, 0.05) is 18.3 Å². The molecule has 4 saturated heterocycles. The molecule has 1 aliphatic carbocycles. The first-order chi connectivity index (χ1) is 14.3. The van der Waals surface area contributed by atoms with E-state index >= 15 is 0 Å². The van der Waals surface area contributed by atoms with Gasteiger partial charge in [0.05, 0.1) is 16.0 Å². The molecule has 0 aromatic heterocycles. The van der Waals surface area contributed by atoms with Gasteiger partial charge in [0.2, 0.25) is 12.1 Å². The molecular weight excluding hydrogens is 427 g/mol. The van der Waals surface area contributed by atoms with Crippen LogP contribution in [0.2, 0.25) is 10.0 Å². The Kier molecular flexibility index (Phi) is 5.35. The molecule has 7 atom stereocenters. The molecule has 0 radical (unpaired) electrons. The molecule has 1 spiro atoms. The van der Waals surface area contributed by atoms with Crippen molar-refractivity contribution in [3.05, 3.63) is 33.8 Å². The maximum atomic E-state index is 13.0. The van der Waals surface area contributed by atoms with Crippen LogP contribution < -0.4 is 0 Å². The second-order valence-electron chi connectivity index (χ2n) is 9.59. The van der Waals surface area contributed by atoms with Gasteiger partial charge in [0.1, 0.15) is 0 Å². The van der Waals surface area contributed by atoms with E-state index in [0.717, 1.165) is 50.5 Å². The largest absolute Gasteiger partial charge is 0.432 e. The average Bonchev–Trinajstić information content (AvgIpc) is 2.94. The van der Waals surface area contributed by atoms with Crippen LogP contribution in [0.4, 0.5) is 0 Å². The van der Waals surface area contributed by atoms with Gasteiger partial charge >= 0.3 is 5.97 Å². The lowest BCUT2D eigenvalue weighted by Gasteiger charge is -2.58. The lowest BCUT2D eigenvalue weighted by molar-refractivity contribution is -0.559. The summed E-state index contributed by atoms with van der Waals surface area (Å²) >= 11 is 12.2. The van der Waals surface area contributed by atoms with Gasteiger partial charge in [-0.1, -0.05) is 36.2 Å². The van der Waals surface area contributed by atoms with Gasteiger partial charge in [-0.25, -0.2) is 9.78 Å². The molecule has 0 amide bonds. The van der Waals surface area contributed by atoms with Crippen molar-refractivity contribution in [3.8, 4) is 0 Å². The molecule has 1 saturated carbocycles. The van der Waals surface area contributed by atoms with Gasteiger partial charge < -0.3 is 9.47 Å². The number of esters is 1. The van der Waals surface area contributed by atoms with Crippen molar-refractivity contribution in [2.75, 3.05) is 0 Å². The molecule has 5 fully saturated rings. The molecule has 5 aliphatic rings. The monoisotopic (exact) mass is 454 g/mol. The summed E-state index contributed by atoms with van der Waals surface area (Å²) in [5, 5.41) is 1.11. The number of ether oxygens (including phenoxy) is 2. The Labute approximate surface area is 187 Å². The molecule has 1 aromatic carbocycles. The van der Waals surface area contributed by atoms with Crippen LogP contribution in [0.15, 0.2) is 18.2 Å². The van der Waals surface area contributed by atoms with Crippen LogP contribution in [-0.2, 0) is 30.5 Å². The smallest absolute Gasteiger partial charge is 0.311 e. The second kappa shape index (κ2) is 7.63. The van der Waals surface area contributed by atoms with Gasteiger partial charge in [0.15, 0.2) is 5.60 Å². The number of hydrogen-bond donors (Lipinski definition) is 0. The molecule has 0 N–H and O–H groups in total. The van der Waals surface area contributed by atoms with E-state index in [2.05, 4.69) is 6.92 Å². The van der Waals surface area contributed by atoms with Gasteiger partial charge in [-0.05, 0) is 69.1 Å². The van der Waals surface area contributed by atoms with Crippen LogP contribution in [0.1, 0.15) is 57.9 Å². The van der Waals surface area contributed by atoms with Crippen molar-refractivity contribution in [1.82, 2.24) is 0 Å². The molecule has 164 valence electrons. The highest BCUT2D eigenvalue weighted by Crippen LogP contribution is 2.60. The first-order valence-electron chi connectivity index (χ1n) is 11.0. The lowest BCUT2D eigenvalue weighted by Crippen LogP contribution is -2.70. The predicted octanol–water partition coefficient (Wildman–Crippen LogP) is 5.70. The standard InChI is InChI=1S/C23H28Cl2O5/c1-13-6-8-17-15(5-3-4-14-7-9-18(24)19(25)12-14)20(26)27-21-23(17)16(13)10-11-22(2,28-21)29-30-23/h7,9,12-13,15-17,21H,3-6,8,10-11H2,1-2H3/t13-,15-,16+,17+,21-,22-,23-/m1/s1. The van der Waals surface area contributed by atoms with Crippen molar-refractivity contribution in [2.45, 2.75) is 76.5 Å². The summed E-state index contributed by atoms with van der Waals surface area (Å²) in [6.07, 6.45) is 5.44. The molecule has 2 bridgehead atoms. The minimum Gasteiger partial charge on any atom is -0.432 e. The van der Waals surface area contributed by atoms with E-state index < -0.39 is 17.7 Å². The fraction of sp³-hybridized carbons (Fsp3) is 0.696. The third kappa shape index (κ3) is 3.29. The maximum absolute atomic E-state index is 13.0. The summed E-state index contributed by atoms with van der Waals surface area (Å²) in [7, 11) is 0. The average molecular weight is 455 g/mol. The Morgan fingerprint density at radius 2 is 1.93 bits per heavy atom. The summed E-state index contributed by atoms with van der Waals surface area (Å²) in [6.45, 7) is 4.14. The van der Waals surface area contributed by atoms with Crippen molar-refractivity contribution >= 4 is 29.2 Å². The summed E-state index contributed by atoms with van der Waals surface area (Å²) < 4.78 is 12.1. The SMILES string of the molecule is C[C@@H]1CC[C@H]2[C@@H](CCCc3ccc(Cl)c(Cl)c3)C(=O)O[C@@H]3O[C@@]4(C)CC[C@@H]1[C@]32OO4. The number of benzene rings is 1. The third-order valence-electron chi connectivity index (χ3n) is 7.75. The van der Waals surface area contributed by atoms with Gasteiger partial charge in [-0.15, -0.1) is 0 Å².